The van der Waals surface area contributed by atoms with Gasteiger partial charge in [0.25, 0.3) is 0 Å². The topological polar surface area (TPSA) is 20.2 Å². The number of benzene rings is 2. The van der Waals surface area contributed by atoms with E-state index in [9.17, 15) is 5.11 Å². The number of hydrogen-bond donors (Lipinski definition) is 1. The van der Waals surface area contributed by atoms with Gasteiger partial charge in [-0.05, 0) is 35.4 Å². The molecule has 21 heavy (non-hydrogen) atoms. The average molecular weight is 298 g/mol. The standard InChI is InChI=1S/C19H22OS/c1-15(16(2)21-18-11-7-4-8-12-18)19(20)14-13-17-9-5-3-6-10-17/h3-12,15,19-20H,2,13-14H2,1H3/t15-,19-/m1/s1. The summed E-state index contributed by atoms with van der Waals surface area (Å²) in [6.45, 7) is 6.18. The van der Waals surface area contributed by atoms with Crippen molar-refractivity contribution in [1.29, 1.82) is 0 Å². The van der Waals surface area contributed by atoms with Crippen molar-refractivity contribution in [2.45, 2.75) is 30.8 Å². The molecule has 0 fully saturated rings. The van der Waals surface area contributed by atoms with Crippen LogP contribution in [0.5, 0.6) is 0 Å². The van der Waals surface area contributed by atoms with Crippen LogP contribution in [0.3, 0.4) is 0 Å². The molecule has 0 saturated heterocycles. The Hall–Kier alpha value is -1.51. The van der Waals surface area contributed by atoms with Gasteiger partial charge in [-0.2, -0.15) is 0 Å². The molecule has 2 aromatic carbocycles. The molecule has 0 unspecified atom stereocenters. The van der Waals surface area contributed by atoms with Gasteiger partial charge in [0.05, 0.1) is 6.10 Å². The normalized spacial score (nSPS) is 13.6. The predicted octanol–water partition coefficient (Wildman–Crippen LogP) is 4.92. The van der Waals surface area contributed by atoms with E-state index in [1.165, 1.54) is 10.5 Å². The van der Waals surface area contributed by atoms with E-state index >= 15 is 0 Å². The maximum Gasteiger partial charge on any atom is 0.0614 e. The first kappa shape index (κ1) is 15.9. The highest BCUT2D eigenvalue weighted by Crippen LogP contribution is 2.32. The lowest BCUT2D eigenvalue weighted by molar-refractivity contribution is 0.127. The van der Waals surface area contributed by atoms with Crippen LogP contribution in [-0.2, 0) is 6.42 Å². The molecule has 2 rings (SSSR count). The van der Waals surface area contributed by atoms with Gasteiger partial charge in [0.1, 0.15) is 0 Å². The quantitative estimate of drug-likeness (QED) is 0.732. The van der Waals surface area contributed by atoms with Crippen molar-refractivity contribution >= 4 is 11.8 Å². The molecular formula is C19H22OS. The smallest absolute Gasteiger partial charge is 0.0614 e. The molecule has 2 aromatic rings. The first-order valence-electron chi connectivity index (χ1n) is 7.30. The van der Waals surface area contributed by atoms with E-state index in [1.807, 2.05) is 43.3 Å². The first-order valence-corrected chi connectivity index (χ1v) is 8.12. The molecular weight excluding hydrogens is 276 g/mol. The van der Waals surface area contributed by atoms with Crippen LogP contribution in [0.1, 0.15) is 18.9 Å². The highest BCUT2D eigenvalue weighted by atomic mass is 32.2. The molecule has 0 amide bonds. The minimum absolute atomic E-state index is 0.0823. The summed E-state index contributed by atoms with van der Waals surface area (Å²) in [5.41, 5.74) is 1.27. The third-order valence-corrected chi connectivity index (χ3v) is 4.79. The first-order chi connectivity index (χ1) is 10.2. The van der Waals surface area contributed by atoms with Crippen molar-refractivity contribution in [3.8, 4) is 0 Å². The van der Waals surface area contributed by atoms with Gasteiger partial charge in [0.2, 0.25) is 0 Å². The second-order valence-electron chi connectivity index (χ2n) is 5.26. The average Bonchev–Trinajstić information content (AvgIpc) is 2.53. The zero-order valence-electron chi connectivity index (χ0n) is 12.4. The van der Waals surface area contributed by atoms with Crippen molar-refractivity contribution in [2.75, 3.05) is 0 Å². The van der Waals surface area contributed by atoms with Gasteiger partial charge in [-0.1, -0.05) is 73.8 Å². The summed E-state index contributed by atoms with van der Waals surface area (Å²) in [5.74, 6) is 0.0823. The fourth-order valence-corrected chi connectivity index (χ4v) is 3.10. The molecule has 0 bridgehead atoms. The minimum atomic E-state index is -0.353. The number of aliphatic hydroxyl groups excluding tert-OH is 1. The third kappa shape index (κ3) is 5.07. The molecule has 0 spiro atoms. The Kier molecular flexibility index (Phi) is 6.09. The summed E-state index contributed by atoms with van der Waals surface area (Å²) < 4.78 is 0. The van der Waals surface area contributed by atoms with E-state index in [4.69, 9.17) is 0 Å². The van der Waals surface area contributed by atoms with Gasteiger partial charge in [0, 0.05) is 10.8 Å². The van der Waals surface area contributed by atoms with Crippen LogP contribution in [0, 0.1) is 5.92 Å². The molecule has 1 N–H and O–H groups in total. The Morgan fingerprint density at radius 3 is 2.24 bits per heavy atom. The Labute approximate surface area is 131 Å². The molecule has 0 aliphatic carbocycles. The highest BCUT2D eigenvalue weighted by Gasteiger charge is 2.18. The molecule has 0 aromatic heterocycles. The van der Waals surface area contributed by atoms with Gasteiger partial charge in [0.15, 0.2) is 0 Å². The van der Waals surface area contributed by atoms with Gasteiger partial charge >= 0.3 is 0 Å². The maximum absolute atomic E-state index is 10.4. The summed E-state index contributed by atoms with van der Waals surface area (Å²) in [6.07, 6.45) is 1.31. The van der Waals surface area contributed by atoms with Crippen LogP contribution >= 0.6 is 11.8 Å². The highest BCUT2D eigenvalue weighted by molar-refractivity contribution is 8.03. The SMILES string of the molecule is C=C(Sc1ccccc1)[C@@H](C)[C@H](O)CCc1ccccc1. The molecule has 1 nitrogen and oxygen atoms in total. The second kappa shape index (κ2) is 8.06. The lowest BCUT2D eigenvalue weighted by Gasteiger charge is -2.20. The van der Waals surface area contributed by atoms with Crippen LogP contribution in [0.25, 0.3) is 0 Å². The fraction of sp³-hybridized carbons (Fsp3) is 0.263. The van der Waals surface area contributed by atoms with Crippen LogP contribution in [-0.4, -0.2) is 11.2 Å². The van der Waals surface area contributed by atoms with Crippen molar-refractivity contribution in [3.05, 3.63) is 77.7 Å². The van der Waals surface area contributed by atoms with E-state index < -0.39 is 0 Å². The fourth-order valence-electron chi connectivity index (χ4n) is 2.16. The van der Waals surface area contributed by atoms with E-state index in [1.54, 1.807) is 11.8 Å². The summed E-state index contributed by atoms with van der Waals surface area (Å²) >= 11 is 1.65. The number of aliphatic hydroxyl groups is 1. The van der Waals surface area contributed by atoms with Crippen LogP contribution in [0.2, 0.25) is 0 Å². The van der Waals surface area contributed by atoms with Gasteiger partial charge in [-0.25, -0.2) is 0 Å². The number of thioether (sulfide) groups is 1. The zero-order chi connectivity index (χ0) is 15.1. The lowest BCUT2D eigenvalue weighted by Crippen LogP contribution is -2.19. The number of aryl methyl sites for hydroxylation is 1. The largest absolute Gasteiger partial charge is 0.392 e. The van der Waals surface area contributed by atoms with Gasteiger partial charge in [-0.3, -0.25) is 0 Å². The molecule has 0 radical (unpaired) electrons. The van der Waals surface area contributed by atoms with E-state index in [-0.39, 0.29) is 12.0 Å². The molecule has 0 saturated carbocycles. The summed E-state index contributed by atoms with van der Waals surface area (Å²) in [5, 5.41) is 10.4. The molecule has 2 atom stereocenters. The van der Waals surface area contributed by atoms with E-state index in [0.717, 1.165) is 17.7 Å². The van der Waals surface area contributed by atoms with Crippen LogP contribution in [0.4, 0.5) is 0 Å². The number of rotatable bonds is 7. The molecule has 0 heterocycles. The summed E-state index contributed by atoms with van der Waals surface area (Å²) in [4.78, 5) is 2.19. The zero-order valence-corrected chi connectivity index (χ0v) is 13.2. The monoisotopic (exact) mass is 298 g/mol. The summed E-state index contributed by atoms with van der Waals surface area (Å²) in [6, 6.07) is 20.5. The predicted molar refractivity (Wildman–Crippen MR) is 91.4 cm³/mol. The van der Waals surface area contributed by atoms with E-state index in [2.05, 4.69) is 30.8 Å². The Balaban J connectivity index is 1.84. The molecule has 0 aliphatic heterocycles. The minimum Gasteiger partial charge on any atom is -0.392 e. The molecule has 110 valence electrons. The summed E-state index contributed by atoms with van der Waals surface area (Å²) in [7, 11) is 0. The van der Waals surface area contributed by atoms with Crippen LogP contribution < -0.4 is 0 Å². The van der Waals surface area contributed by atoms with Crippen molar-refractivity contribution in [1.82, 2.24) is 0 Å². The Morgan fingerprint density at radius 1 is 1.05 bits per heavy atom. The van der Waals surface area contributed by atoms with Crippen molar-refractivity contribution in [2.24, 2.45) is 5.92 Å². The Bertz CT molecular complexity index is 550. The molecule has 2 heteroatoms. The lowest BCUT2D eigenvalue weighted by atomic mass is 9.98. The van der Waals surface area contributed by atoms with E-state index in [0.29, 0.717) is 0 Å². The second-order valence-corrected chi connectivity index (χ2v) is 6.46. The number of hydrogen-bond acceptors (Lipinski definition) is 2. The molecule has 0 aliphatic rings. The Morgan fingerprint density at radius 2 is 1.62 bits per heavy atom. The van der Waals surface area contributed by atoms with Gasteiger partial charge < -0.3 is 5.11 Å². The van der Waals surface area contributed by atoms with Crippen molar-refractivity contribution < 1.29 is 5.11 Å². The third-order valence-electron chi connectivity index (χ3n) is 3.65. The van der Waals surface area contributed by atoms with Crippen LogP contribution in [0.15, 0.2) is 77.0 Å². The van der Waals surface area contributed by atoms with Gasteiger partial charge in [-0.15, -0.1) is 0 Å². The maximum atomic E-state index is 10.4. The van der Waals surface area contributed by atoms with Crippen molar-refractivity contribution in [3.63, 3.8) is 0 Å².